The van der Waals surface area contributed by atoms with Gasteiger partial charge in [-0.3, -0.25) is 0 Å². The molecule has 0 radical (unpaired) electrons. The van der Waals surface area contributed by atoms with Gasteiger partial charge in [-0.15, -0.1) is 0 Å². The first-order chi connectivity index (χ1) is 8.34. The zero-order chi connectivity index (χ0) is 13.8. The van der Waals surface area contributed by atoms with Crippen molar-refractivity contribution in [3.8, 4) is 5.75 Å². The molecule has 0 saturated carbocycles. The third-order valence-electron chi connectivity index (χ3n) is 2.24. The second-order valence-electron chi connectivity index (χ2n) is 3.74. The van der Waals surface area contributed by atoms with Crippen LogP contribution in [0.4, 0.5) is 4.39 Å². The zero-order valence-corrected chi connectivity index (χ0v) is 11.6. The lowest BCUT2D eigenvalue weighted by Gasteiger charge is -2.14. The largest absolute Gasteiger partial charge is 0.488 e. The highest BCUT2D eigenvalue weighted by molar-refractivity contribution is 8.13. The second kappa shape index (κ2) is 6.36. The minimum Gasteiger partial charge on any atom is -0.488 e. The fraction of sp³-hybridized carbons (Fsp3) is 0.455. The molecule has 0 aliphatic rings. The van der Waals surface area contributed by atoms with E-state index in [0.29, 0.717) is 13.0 Å². The molecule has 1 unspecified atom stereocenters. The van der Waals surface area contributed by atoms with E-state index in [4.69, 9.17) is 20.2 Å². The topological polar surface area (TPSA) is 52.6 Å². The Morgan fingerprint density at radius 3 is 2.61 bits per heavy atom. The number of methoxy groups -OCH3 is 1. The van der Waals surface area contributed by atoms with Crippen LogP contribution in [0.2, 0.25) is 0 Å². The summed E-state index contributed by atoms with van der Waals surface area (Å²) in [6, 6.07) is 3.28. The molecule has 4 nitrogen and oxygen atoms in total. The Morgan fingerprint density at radius 2 is 2.11 bits per heavy atom. The van der Waals surface area contributed by atoms with Crippen molar-refractivity contribution < 1.29 is 22.3 Å². The van der Waals surface area contributed by atoms with Crippen LogP contribution in [0.1, 0.15) is 13.3 Å². The maximum absolute atomic E-state index is 13.6. The molecular formula is C11H14ClFO4S. The van der Waals surface area contributed by atoms with Crippen LogP contribution in [-0.2, 0) is 13.8 Å². The molecule has 0 bridgehead atoms. The summed E-state index contributed by atoms with van der Waals surface area (Å²) in [6.45, 7) is 2.27. The van der Waals surface area contributed by atoms with E-state index >= 15 is 0 Å². The lowest BCUT2D eigenvalue weighted by atomic mass is 10.3. The van der Waals surface area contributed by atoms with Crippen molar-refractivity contribution in [2.24, 2.45) is 0 Å². The second-order valence-corrected chi connectivity index (χ2v) is 6.31. The van der Waals surface area contributed by atoms with Gasteiger partial charge in [0, 0.05) is 30.8 Å². The Kier molecular flexibility index (Phi) is 5.37. The van der Waals surface area contributed by atoms with Crippen LogP contribution in [-0.4, -0.2) is 28.2 Å². The SMILES string of the molecule is COCCC(C)Oc1ccc(S(=O)(=O)Cl)cc1F. The summed E-state index contributed by atoms with van der Waals surface area (Å²) in [5.74, 6) is -0.774. The molecule has 18 heavy (non-hydrogen) atoms. The van der Waals surface area contributed by atoms with Crippen LogP contribution >= 0.6 is 10.7 Å². The average Bonchev–Trinajstić information content (AvgIpc) is 2.27. The van der Waals surface area contributed by atoms with Gasteiger partial charge in [-0.25, -0.2) is 12.8 Å². The van der Waals surface area contributed by atoms with Crippen molar-refractivity contribution in [2.75, 3.05) is 13.7 Å². The van der Waals surface area contributed by atoms with Gasteiger partial charge in [0.1, 0.15) is 0 Å². The third kappa shape index (κ3) is 4.44. The number of hydrogen-bond donors (Lipinski definition) is 0. The molecule has 1 atom stereocenters. The first-order valence-electron chi connectivity index (χ1n) is 5.24. The first-order valence-corrected chi connectivity index (χ1v) is 7.55. The Bertz CT molecular complexity index is 504. The van der Waals surface area contributed by atoms with Gasteiger partial charge in [-0.05, 0) is 25.1 Å². The minimum absolute atomic E-state index is 0.0114. The molecule has 0 fully saturated rings. The van der Waals surface area contributed by atoms with E-state index < -0.39 is 14.9 Å². The van der Waals surface area contributed by atoms with Crippen molar-refractivity contribution >= 4 is 19.7 Å². The Morgan fingerprint density at radius 1 is 1.44 bits per heavy atom. The number of halogens is 2. The maximum atomic E-state index is 13.6. The minimum atomic E-state index is -3.93. The van der Waals surface area contributed by atoms with Crippen LogP contribution in [0.5, 0.6) is 5.75 Å². The summed E-state index contributed by atoms with van der Waals surface area (Å²) in [5, 5.41) is 0. The van der Waals surface area contributed by atoms with Gasteiger partial charge in [0.2, 0.25) is 0 Å². The molecule has 1 rings (SSSR count). The summed E-state index contributed by atoms with van der Waals surface area (Å²) in [7, 11) is 2.74. The van der Waals surface area contributed by atoms with Crippen LogP contribution in [0.15, 0.2) is 23.1 Å². The molecule has 0 N–H and O–H groups in total. The van der Waals surface area contributed by atoms with Gasteiger partial charge in [0.05, 0.1) is 11.0 Å². The van der Waals surface area contributed by atoms with Crippen LogP contribution in [0.3, 0.4) is 0 Å². The lowest BCUT2D eigenvalue weighted by Crippen LogP contribution is -2.15. The Hall–Kier alpha value is -0.850. The fourth-order valence-corrected chi connectivity index (χ4v) is 2.05. The maximum Gasteiger partial charge on any atom is 0.261 e. The highest BCUT2D eigenvalue weighted by Crippen LogP contribution is 2.24. The van der Waals surface area contributed by atoms with Crippen molar-refractivity contribution in [1.29, 1.82) is 0 Å². The van der Waals surface area contributed by atoms with Gasteiger partial charge in [-0.2, -0.15) is 0 Å². The standard InChI is InChI=1S/C11H14ClFO4S/c1-8(5-6-16-2)17-11-4-3-9(7-10(11)13)18(12,14)15/h3-4,7-8H,5-6H2,1-2H3. The summed E-state index contributed by atoms with van der Waals surface area (Å²) in [4.78, 5) is -0.293. The highest BCUT2D eigenvalue weighted by atomic mass is 35.7. The molecule has 102 valence electrons. The summed E-state index contributed by atoms with van der Waals surface area (Å²) in [5.41, 5.74) is 0. The summed E-state index contributed by atoms with van der Waals surface area (Å²) >= 11 is 0. The molecule has 0 aromatic heterocycles. The quantitative estimate of drug-likeness (QED) is 0.757. The van der Waals surface area contributed by atoms with Crippen LogP contribution in [0.25, 0.3) is 0 Å². The normalized spacial score (nSPS) is 13.3. The highest BCUT2D eigenvalue weighted by Gasteiger charge is 2.15. The molecule has 0 saturated heterocycles. The average molecular weight is 297 g/mol. The van der Waals surface area contributed by atoms with E-state index in [1.165, 1.54) is 12.1 Å². The van der Waals surface area contributed by atoms with Crippen molar-refractivity contribution in [1.82, 2.24) is 0 Å². The molecule has 1 aromatic rings. The lowest BCUT2D eigenvalue weighted by molar-refractivity contribution is 0.132. The van der Waals surface area contributed by atoms with Gasteiger partial charge >= 0.3 is 0 Å². The molecule has 0 amide bonds. The van der Waals surface area contributed by atoms with Gasteiger partial charge in [0.25, 0.3) is 9.05 Å². The molecule has 0 spiro atoms. The van der Waals surface area contributed by atoms with E-state index in [1.807, 2.05) is 0 Å². The van der Waals surface area contributed by atoms with Gasteiger partial charge in [-0.1, -0.05) is 0 Å². The first kappa shape index (κ1) is 15.2. The van der Waals surface area contributed by atoms with E-state index in [-0.39, 0.29) is 16.7 Å². The summed E-state index contributed by atoms with van der Waals surface area (Å²) < 4.78 is 45.8. The summed E-state index contributed by atoms with van der Waals surface area (Å²) in [6.07, 6.45) is 0.365. The zero-order valence-electron chi connectivity index (χ0n) is 10.0. The number of rotatable bonds is 6. The monoisotopic (exact) mass is 296 g/mol. The predicted octanol–water partition coefficient (Wildman–Crippen LogP) is 2.56. The van der Waals surface area contributed by atoms with E-state index in [9.17, 15) is 12.8 Å². The molecule has 0 heterocycles. The van der Waals surface area contributed by atoms with Gasteiger partial charge in [0.15, 0.2) is 11.6 Å². The van der Waals surface area contributed by atoms with E-state index in [2.05, 4.69) is 0 Å². The van der Waals surface area contributed by atoms with Gasteiger partial charge < -0.3 is 9.47 Å². The molecule has 0 aliphatic carbocycles. The van der Waals surface area contributed by atoms with E-state index in [1.54, 1.807) is 14.0 Å². The molecule has 1 aromatic carbocycles. The number of hydrogen-bond acceptors (Lipinski definition) is 4. The number of ether oxygens (including phenoxy) is 2. The molecule has 0 aliphatic heterocycles. The van der Waals surface area contributed by atoms with Crippen molar-refractivity contribution in [3.63, 3.8) is 0 Å². The smallest absolute Gasteiger partial charge is 0.261 e. The third-order valence-corrected chi connectivity index (χ3v) is 3.59. The van der Waals surface area contributed by atoms with Crippen molar-refractivity contribution in [2.45, 2.75) is 24.3 Å². The molecule has 7 heteroatoms. The van der Waals surface area contributed by atoms with E-state index in [0.717, 1.165) is 6.07 Å². The van der Waals surface area contributed by atoms with Crippen molar-refractivity contribution in [3.05, 3.63) is 24.0 Å². The predicted molar refractivity (Wildman–Crippen MR) is 66.0 cm³/mol. The number of benzene rings is 1. The van der Waals surface area contributed by atoms with Crippen LogP contribution in [0, 0.1) is 5.82 Å². The molecular weight excluding hydrogens is 283 g/mol. The Balaban J connectivity index is 2.80. The van der Waals surface area contributed by atoms with Crippen LogP contribution < -0.4 is 4.74 Å². The Labute approximate surface area is 110 Å². The fourth-order valence-electron chi connectivity index (χ4n) is 1.29.